The zero-order valence-electron chi connectivity index (χ0n) is 14.8. The van der Waals surface area contributed by atoms with Crippen molar-refractivity contribution >= 4 is 23.0 Å². The number of ketones is 1. The number of carbonyl (C=O) groups is 2. The van der Waals surface area contributed by atoms with Gasteiger partial charge in [-0.05, 0) is 38.2 Å². The van der Waals surface area contributed by atoms with Crippen molar-refractivity contribution in [2.75, 3.05) is 13.1 Å². The van der Waals surface area contributed by atoms with E-state index in [0.29, 0.717) is 31.6 Å². The third-order valence-corrected chi connectivity index (χ3v) is 6.05. The molecule has 1 amide bonds. The van der Waals surface area contributed by atoms with Crippen LogP contribution in [0.5, 0.6) is 0 Å². The summed E-state index contributed by atoms with van der Waals surface area (Å²) in [6.45, 7) is 4.96. The molecule has 0 bridgehead atoms. The normalized spacial score (nSPS) is 16.6. The molecule has 0 saturated carbocycles. The molecule has 3 rings (SSSR count). The minimum absolute atomic E-state index is 0.0104. The van der Waals surface area contributed by atoms with E-state index in [0.717, 1.165) is 23.4 Å². The number of likely N-dealkylation sites (tertiary alicyclic amines) is 1. The zero-order chi connectivity index (χ0) is 17.9. The molecule has 25 heavy (non-hydrogen) atoms. The topological polar surface area (TPSA) is 50.3 Å². The van der Waals surface area contributed by atoms with Crippen LogP contribution in [-0.2, 0) is 16.6 Å². The summed E-state index contributed by atoms with van der Waals surface area (Å²) in [6, 6.07) is 9.96. The number of hydrogen-bond acceptors (Lipinski definition) is 4. The lowest BCUT2D eigenvalue weighted by Crippen LogP contribution is -2.48. The van der Waals surface area contributed by atoms with E-state index in [2.05, 4.69) is 11.9 Å². The van der Waals surface area contributed by atoms with Crippen molar-refractivity contribution in [1.82, 2.24) is 9.88 Å². The van der Waals surface area contributed by atoms with Gasteiger partial charge >= 0.3 is 0 Å². The number of carbonyl (C=O) groups excluding carboxylic acids is 2. The van der Waals surface area contributed by atoms with E-state index in [1.54, 1.807) is 18.3 Å². The molecule has 1 aliphatic heterocycles. The van der Waals surface area contributed by atoms with Crippen LogP contribution in [0.4, 0.5) is 0 Å². The molecular weight excluding hydrogens is 332 g/mol. The van der Waals surface area contributed by atoms with Gasteiger partial charge in [-0.2, -0.15) is 0 Å². The minimum Gasteiger partial charge on any atom is -0.337 e. The van der Waals surface area contributed by atoms with Crippen LogP contribution in [0.3, 0.4) is 0 Å². The molecule has 0 spiro atoms. The van der Waals surface area contributed by atoms with Crippen LogP contribution in [0.1, 0.15) is 54.2 Å². The van der Waals surface area contributed by atoms with Crippen molar-refractivity contribution in [1.29, 1.82) is 0 Å². The SMILES string of the molecule is CCCc1nc(C(=O)N2CCC(C(C)=O)(c3ccccc3)CC2)cs1. The Balaban J connectivity index is 1.73. The lowest BCUT2D eigenvalue weighted by molar-refractivity contribution is -0.124. The minimum atomic E-state index is -0.465. The van der Waals surface area contributed by atoms with E-state index in [-0.39, 0.29) is 11.7 Å². The van der Waals surface area contributed by atoms with Crippen molar-refractivity contribution in [3.63, 3.8) is 0 Å². The molecule has 1 saturated heterocycles. The first-order valence-corrected chi connectivity index (χ1v) is 9.75. The van der Waals surface area contributed by atoms with E-state index in [1.165, 1.54) is 0 Å². The van der Waals surface area contributed by atoms with Crippen LogP contribution in [0.15, 0.2) is 35.7 Å². The highest BCUT2D eigenvalue weighted by Crippen LogP contribution is 2.36. The molecule has 2 heterocycles. The van der Waals surface area contributed by atoms with Gasteiger partial charge in [0.15, 0.2) is 0 Å². The average Bonchev–Trinajstić information content (AvgIpc) is 3.11. The molecule has 1 aliphatic rings. The van der Waals surface area contributed by atoms with Crippen LogP contribution in [0, 0.1) is 0 Å². The maximum atomic E-state index is 12.7. The number of benzene rings is 1. The molecule has 0 N–H and O–H groups in total. The van der Waals surface area contributed by atoms with Crippen LogP contribution in [0.2, 0.25) is 0 Å². The average molecular weight is 356 g/mol. The monoisotopic (exact) mass is 356 g/mol. The highest BCUT2D eigenvalue weighted by Gasteiger charge is 2.41. The summed E-state index contributed by atoms with van der Waals surface area (Å²) in [7, 11) is 0. The molecular formula is C20H24N2O2S. The number of thiazole rings is 1. The van der Waals surface area contributed by atoms with Gasteiger partial charge in [-0.1, -0.05) is 37.3 Å². The van der Waals surface area contributed by atoms with E-state index in [4.69, 9.17) is 0 Å². The molecule has 0 radical (unpaired) electrons. The first-order valence-electron chi connectivity index (χ1n) is 8.87. The van der Waals surface area contributed by atoms with Crippen LogP contribution < -0.4 is 0 Å². The van der Waals surface area contributed by atoms with Crippen molar-refractivity contribution in [2.24, 2.45) is 0 Å². The number of aryl methyl sites for hydroxylation is 1. The summed E-state index contributed by atoms with van der Waals surface area (Å²) in [6.07, 6.45) is 3.29. The van der Waals surface area contributed by atoms with E-state index >= 15 is 0 Å². The third kappa shape index (κ3) is 3.52. The van der Waals surface area contributed by atoms with Gasteiger partial charge in [-0.15, -0.1) is 11.3 Å². The van der Waals surface area contributed by atoms with Gasteiger partial charge in [0.1, 0.15) is 11.5 Å². The molecule has 4 nitrogen and oxygen atoms in total. The van der Waals surface area contributed by atoms with Crippen molar-refractivity contribution in [3.8, 4) is 0 Å². The highest BCUT2D eigenvalue weighted by atomic mass is 32.1. The summed E-state index contributed by atoms with van der Waals surface area (Å²) < 4.78 is 0. The predicted molar refractivity (Wildman–Crippen MR) is 100 cm³/mol. The predicted octanol–water partition coefficient (Wildman–Crippen LogP) is 3.86. The van der Waals surface area contributed by atoms with Gasteiger partial charge in [0.2, 0.25) is 0 Å². The zero-order valence-corrected chi connectivity index (χ0v) is 15.6. The summed E-state index contributed by atoms with van der Waals surface area (Å²) in [5.41, 5.74) is 1.14. The van der Waals surface area contributed by atoms with Gasteiger partial charge in [-0.3, -0.25) is 9.59 Å². The van der Waals surface area contributed by atoms with E-state index < -0.39 is 5.41 Å². The lowest BCUT2D eigenvalue weighted by Gasteiger charge is -2.40. The fraction of sp³-hybridized carbons (Fsp3) is 0.450. The smallest absolute Gasteiger partial charge is 0.273 e. The Kier molecular flexibility index (Phi) is 5.33. The van der Waals surface area contributed by atoms with E-state index in [9.17, 15) is 9.59 Å². The number of nitrogens with zero attached hydrogens (tertiary/aromatic N) is 2. The number of rotatable bonds is 5. The van der Waals surface area contributed by atoms with Gasteiger partial charge in [-0.25, -0.2) is 4.98 Å². The molecule has 0 atom stereocenters. The summed E-state index contributed by atoms with van der Waals surface area (Å²) in [5.74, 6) is 0.175. The van der Waals surface area contributed by atoms with Gasteiger partial charge in [0.05, 0.1) is 10.4 Å². The quantitative estimate of drug-likeness (QED) is 0.817. The molecule has 1 fully saturated rings. The Bertz CT molecular complexity index is 746. The Labute approximate surface area is 152 Å². The molecule has 5 heteroatoms. The van der Waals surface area contributed by atoms with Gasteiger partial charge in [0, 0.05) is 18.5 Å². The Morgan fingerprint density at radius 3 is 2.48 bits per heavy atom. The first kappa shape index (κ1) is 17.8. The maximum Gasteiger partial charge on any atom is 0.273 e. The molecule has 1 aromatic heterocycles. The summed E-state index contributed by atoms with van der Waals surface area (Å²) >= 11 is 1.56. The number of piperidine rings is 1. The van der Waals surface area contributed by atoms with Crippen molar-refractivity contribution < 1.29 is 9.59 Å². The van der Waals surface area contributed by atoms with Crippen LogP contribution >= 0.6 is 11.3 Å². The van der Waals surface area contributed by atoms with E-state index in [1.807, 2.05) is 40.6 Å². The second kappa shape index (κ2) is 7.48. The maximum absolute atomic E-state index is 12.7. The van der Waals surface area contributed by atoms with Crippen molar-refractivity contribution in [3.05, 3.63) is 52.0 Å². The van der Waals surface area contributed by atoms with Gasteiger partial charge in [0.25, 0.3) is 5.91 Å². The first-order chi connectivity index (χ1) is 12.1. The Morgan fingerprint density at radius 2 is 1.88 bits per heavy atom. The van der Waals surface area contributed by atoms with Crippen molar-refractivity contribution in [2.45, 2.75) is 44.9 Å². The highest BCUT2D eigenvalue weighted by molar-refractivity contribution is 7.09. The van der Waals surface area contributed by atoms with Gasteiger partial charge < -0.3 is 4.90 Å². The van der Waals surface area contributed by atoms with Crippen LogP contribution in [-0.4, -0.2) is 34.7 Å². The fourth-order valence-electron chi connectivity index (χ4n) is 3.59. The molecule has 1 aromatic carbocycles. The Hall–Kier alpha value is -2.01. The summed E-state index contributed by atoms with van der Waals surface area (Å²) in [4.78, 5) is 31.5. The number of hydrogen-bond donors (Lipinski definition) is 0. The molecule has 132 valence electrons. The third-order valence-electron chi connectivity index (χ3n) is 5.14. The number of aromatic nitrogens is 1. The second-order valence-electron chi connectivity index (χ2n) is 6.67. The molecule has 0 aliphatic carbocycles. The molecule has 0 unspecified atom stereocenters. The summed E-state index contributed by atoms with van der Waals surface area (Å²) in [5, 5.41) is 2.88. The number of Topliss-reactive ketones (excluding diaryl/α,β-unsaturated/α-hetero) is 1. The fourth-order valence-corrected chi connectivity index (χ4v) is 4.47. The molecule has 2 aromatic rings. The second-order valence-corrected chi connectivity index (χ2v) is 7.62. The standard InChI is InChI=1S/C20H24N2O2S/c1-3-7-18-21-17(14-25-18)19(24)22-12-10-20(11-13-22,15(2)23)16-8-5-4-6-9-16/h4-6,8-9,14H,3,7,10-13H2,1-2H3. The lowest BCUT2D eigenvalue weighted by atomic mass is 9.70. The Morgan fingerprint density at radius 1 is 1.20 bits per heavy atom. The number of amides is 1. The van der Waals surface area contributed by atoms with Crippen LogP contribution in [0.25, 0.3) is 0 Å². The largest absolute Gasteiger partial charge is 0.337 e.